The van der Waals surface area contributed by atoms with Crippen LogP contribution >= 0.6 is 23.2 Å². The van der Waals surface area contributed by atoms with Crippen LogP contribution < -0.4 is 19.6 Å². The summed E-state index contributed by atoms with van der Waals surface area (Å²) < 4.78 is 16.4. The number of hydrazone groups is 1. The summed E-state index contributed by atoms with van der Waals surface area (Å²) >= 11 is 12.0. The van der Waals surface area contributed by atoms with Crippen LogP contribution in [0.25, 0.3) is 0 Å². The first-order valence-corrected chi connectivity index (χ1v) is 9.98. The summed E-state index contributed by atoms with van der Waals surface area (Å²) in [6, 6.07) is 17.5. The number of amides is 1. The highest BCUT2D eigenvalue weighted by atomic mass is 35.5. The molecule has 0 saturated carbocycles. The van der Waals surface area contributed by atoms with Crippen LogP contribution in [0.4, 0.5) is 0 Å². The number of ether oxygens (including phenoxy) is 3. The van der Waals surface area contributed by atoms with Gasteiger partial charge in [-0.3, -0.25) is 4.79 Å². The van der Waals surface area contributed by atoms with Crippen molar-refractivity contribution in [2.24, 2.45) is 5.10 Å². The predicted octanol–water partition coefficient (Wildman–Crippen LogP) is 5.35. The number of carbonyl (C=O) groups excluding carboxylic acids is 1. The molecule has 8 heteroatoms. The highest BCUT2D eigenvalue weighted by Crippen LogP contribution is 2.29. The summed E-state index contributed by atoms with van der Waals surface area (Å²) in [5.41, 5.74) is 4.48. The van der Waals surface area contributed by atoms with E-state index in [9.17, 15) is 4.79 Å². The fourth-order valence-electron chi connectivity index (χ4n) is 2.73. The SMILES string of the molecule is COc1cc(/C=N/NC(=O)c2ccccc2OC)ccc1OCc1ccc(Cl)c(Cl)c1. The first-order valence-electron chi connectivity index (χ1n) is 9.23. The van der Waals surface area contributed by atoms with E-state index in [0.29, 0.717) is 39.5 Å². The van der Waals surface area contributed by atoms with Crippen molar-refractivity contribution in [1.82, 2.24) is 5.43 Å². The highest BCUT2D eigenvalue weighted by molar-refractivity contribution is 6.42. The monoisotopic (exact) mass is 458 g/mol. The van der Waals surface area contributed by atoms with Crippen molar-refractivity contribution in [3.63, 3.8) is 0 Å². The molecule has 0 aliphatic carbocycles. The summed E-state index contributed by atoms with van der Waals surface area (Å²) in [7, 11) is 3.05. The van der Waals surface area contributed by atoms with E-state index < -0.39 is 0 Å². The molecule has 1 amide bonds. The van der Waals surface area contributed by atoms with Crippen LogP contribution in [0.2, 0.25) is 10.0 Å². The van der Waals surface area contributed by atoms with Gasteiger partial charge in [0.15, 0.2) is 11.5 Å². The van der Waals surface area contributed by atoms with Crippen LogP contribution in [-0.2, 0) is 6.61 Å². The predicted molar refractivity (Wildman–Crippen MR) is 122 cm³/mol. The molecular formula is C23H20Cl2N2O4. The van der Waals surface area contributed by atoms with Gasteiger partial charge in [0.1, 0.15) is 12.4 Å². The fraction of sp³-hybridized carbons (Fsp3) is 0.130. The first-order chi connectivity index (χ1) is 15.0. The van der Waals surface area contributed by atoms with Crippen LogP contribution in [0.3, 0.4) is 0 Å². The Bertz CT molecular complexity index is 1100. The molecule has 3 rings (SSSR count). The van der Waals surface area contributed by atoms with Crippen LogP contribution in [-0.4, -0.2) is 26.3 Å². The van der Waals surface area contributed by atoms with Gasteiger partial charge in [0.25, 0.3) is 5.91 Å². The Balaban J connectivity index is 1.65. The van der Waals surface area contributed by atoms with E-state index in [2.05, 4.69) is 10.5 Å². The van der Waals surface area contributed by atoms with Gasteiger partial charge >= 0.3 is 0 Å². The largest absolute Gasteiger partial charge is 0.496 e. The molecule has 0 fully saturated rings. The van der Waals surface area contributed by atoms with E-state index in [4.69, 9.17) is 37.4 Å². The van der Waals surface area contributed by atoms with Gasteiger partial charge in [0.05, 0.1) is 36.0 Å². The minimum absolute atomic E-state index is 0.301. The van der Waals surface area contributed by atoms with Gasteiger partial charge in [-0.15, -0.1) is 0 Å². The molecule has 0 aromatic heterocycles. The quantitative estimate of drug-likeness (QED) is 0.364. The molecule has 3 aromatic carbocycles. The molecule has 0 bridgehead atoms. The second kappa shape index (κ2) is 10.7. The average molecular weight is 459 g/mol. The van der Waals surface area contributed by atoms with Crippen molar-refractivity contribution < 1.29 is 19.0 Å². The van der Waals surface area contributed by atoms with Crippen molar-refractivity contribution in [2.75, 3.05) is 14.2 Å². The number of nitrogens with one attached hydrogen (secondary N) is 1. The maximum absolute atomic E-state index is 12.3. The van der Waals surface area contributed by atoms with Gasteiger partial charge in [-0.25, -0.2) is 5.43 Å². The number of nitrogens with zero attached hydrogens (tertiary/aromatic N) is 1. The van der Waals surface area contributed by atoms with E-state index >= 15 is 0 Å². The molecule has 3 aromatic rings. The number of para-hydroxylation sites is 1. The Kier molecular flexibility index (Phi) is 7.76. The third kappa shape index (κ3) is 5.90. The van der Waals surface area contributed by atoms with Crippen molar-refractivity contribution in [1.29, 1.82) is 0 Å². The lowest BCUT2D eigenvalue weighted by Crippen LogP contribution is -2.18. The molecule has 1 N–H and O–H groups in total. The summed E-state index contributed by atoms with van der Waals surface area (Å²) in [4.78, 5) is 12.3. The Hall–Kier alpha value is -3.22. The Labute approximate surface area is 190 Å². The number of carbonyl (C=O) groups is 1. The van der Waals surface area contributed by atoms with Gasteiger partial charge in [-0.2, -0.15) is 5.10 Å². The Morgan fingerprint density at radius 2 is 1.71 bits per heavy atom. The van der Waals surface area contributed by atoms with Gasteiger partial charge in [-0.05, 0) is 53.6 Å². The van der Waals surface area contributed by atoms with Gasteiger partial charge in [0, 0.05) is 0 Å². The second-order valence-electron chi connectivity index (χ2n) is 6.35. The van der Waals surface area contributed by atoms with Crippen LogP contribution in [0, 0.1) is 0 Å². The molecule has 0 unspecified atom stereocenters. The number of halogens is 2. The van der Waals surface area contributed by atoms with Gasteiger partial charge in [0.2, 0.25) is 0 Å². The standard InChI is InChI=1S/C23H20Cl2N2O4/c1-29-20-6-4-3-5-17(20)23(28)27-26-13-15-8-10-21(22(12-15)30-2)31-14-16-7-9-18(24)19(25)11-16/h3-13H,14H2,1-2H3,(H,27,28)/b26-13+. The van der Waals surface area contributed by atoms with Crippen LogP contribution in [0.1, 0.15) is 21.5 Å². The molecule has 0 aliphatic heterocycles. The summed E-state index contributed by atoms with van der Waals surface area (Å²) in [6.07, 6.45) is 1.51. The van der Waals surface area contributed by atoms with E-state index in [-0.39, 0.29) is 5.91 Å². The van der Waals surface area contributed by atoms with Gasteiger partial charge < -0.3 is 14.2 Å². The second-order valence-corrected chi connectivity index (χ2v) is 7.16. The normalized spacial score (nSPS) is 10.7. The molecule has 0 radical (unpaired) electrons. The molecular weight excluding hydrogens is 439 g/mol. The average Bonchev–Trinajstić information content (AvgIpc) is 2.80. The van der Waals surface area contributed by atoms with E-state index in [1.807, 2.05) is 6.07 Å². The maximum atomic E-state index is 12.3. The minimum atomic E-state index is -0.373. The molecule has 0 heterocycles. The third-order valence-electron chi connectivity index (χ3n) is 4.30. The topological polar surface area (TPSA) is 69.2 Å². The molecule has 160 valence electrons. The lowest BCUT2D eigenvalue weighted by atomic mass is 10.2. The lowest BCUT2D eigenvalue weighted by Gasteiger charge is -2.12. The fourth-order valence-corrected chi connectivity index (χ4v) is 3.05. The van der Waals surface area contributed by atoms with Crippen molar-refractivity contribution in [3.05, 3.63) is 87.4 Å². The zero-order chi connectivity index (χ0) is 22.2. The zero-order valence-corrected chi connectivity index (χ0v) is 18.4. The Morgan fingerprint density at radius 3 is 2.45 bits per heavy atom. The molecule has 31 heavy (non-hydrogen) atoms. The summed E-state index contributed by atoms with van der Waals surface area (Å²) in [5.74, 6) is 1.19. The number of hydrogen-bond acceptors (Lipinski definition) is 5. The minimum Gasteiger partial charge on any atom is -0.496 e. The van der Waals surface area contributed by atoms with Gasteiger partial charge in [-0.1, -0.05) is 41.4 Å². The lowest BCUT2D eigenvalue weighted by molar-refractivity contribution is 0.0952. The van der Waals surface area contributed by atoms with Crippen LogP contribution in [0.15, 0.2) is 65.8 Å². The maximum Gasteiger partial charge on any atom is 0.275 e. The van der Waals surface area contributed by atoms with Crippen molar-refractivity contribution in [2.45, 2.75) is 6.61 Å². The number of methoxy groups -OCH3 is 2. The zero-order valence-electron chi connectivity index (χ0n) is 16.9. The summed E-state index contributed by atoms with van der Waals surface area (Å²) in [5, 5.41) is 4.97. The third-order valence-corrected chi connectivity index (χ3v) is 5.04. The molecule has 0 spiro atoms. The van der Waals surface area contributed by atoms with Crippen molar-refractivity contribution >= 4 is 35.3 Å². The number of rotatable bonds is 8. The van der Waals surface area contributed by atoms with E-state index in [1.165, 1.54) is 13.3 Å². The van der Waals surface area contributed by atoms with E-state index in [1.54, 1.807) is 61.7 Å². The molecule has 0 aliphatic rings. The number of hydrogen-bond donors (Lipinski definition) is 1. The summed E-state index contributed by atoms with van der Waals surface area (Å²) in [6.45, 7) is 0.301. The molecule has 6 nitrogen and oxygen atoms in total. The van der Waals surface area contributed by atoms with Crippen molar-refractivity contribution in [3.8, 4) is 17.2 Å². The molecule has 0 atom stereocenters. The molecule has 0 saturated heterocycles. The number of benzene rings is 3. The smallest absolute Gasteiger partial charge is 0.275 e. The Morgan fingerprint density at radius 1 is 0.935 bits per heavy atom. The first kappa shape index (κ1) is 22.5. The van der Waals surface area contributed by atoms with Crippen LogP contribution in [0.5, 0.6) is 17.2 Å². The van der Waals surface area contributed by atoms with E-state index in [0.717, 1.165) is 11.1 Å². The highest BCUT2D eigenvalue weighted by Gasteiger charge is 2.10.